The number of hydrogen-bond donors (Lipinski definition) is 2. The Morgan fingerprint density at radius 2 is 1.84 bits per heavy atom. The molecule has 0 spiro atoms. The third-order valence-electron chi connectivity index (χ3n) is 3.85. The van der Waals surface area contributed by atoms with Crippen molar-refractivity contribution in [2.45, 2.75) is 46.5 Å². The summed E-state index contributed by atoms with van der Waals surface area (Å²) in [5.74, 6) is -0.0999. The SMILES string of the molecule is Cc1ccc(C(C)(C)CNC(=O)CCO)c(C)c1C. The van der Waals surface area contributed by atoms with Gasteiger partial charge in [-0.3, -0.25) is 4.79 Å². The Labute approximate surface area is 116 Å². The normalized spacial score (nSPS) is 11.5. The summed E-state index contributed by atoms with van der Waals surface area (Å²) >= 11 is 0. The van der Waals surface area contributed by atoms with Crippen LogP contribution in [0.1, 0.15) is 42.5 Å². The van der Waals surface area contributed by atoms with E-state index in [1.54, 1.807) is 0 Å². The van der Waals surface area contributed by atoms with Crippen molar-refractivity contribution in [1.82, 2.24) is 5.32 Å². The molecular weight excluding hydrogens is 238 g/mol. The molecule has 0 aliphatic rings. The summed E-state index contributed by atoms with van der Waals surface area (Å²) in [5.41, 5.74) is 5.04. The number of hydrogen-bond acceptors (Lipinski definition) is 2. The monoisotopic (exact) mass is 263 g/mol. The lowest BCUT2D eigenvalue weighted by Crippen LogP contribution is -2.37. The lowest BCUT2D eigenvalue weighted by atomic mass is 9.80. The van der Waals surface area contributed by atoms with E-state index in [2.05, 4.69) is 52.1 Å². The Bertz CT molecular complexity index is 464. The van der Waals surface area contributed by atoms with Gasteiger partial charge in [0.15, 0.2) is 0 Å². The van der Waals surface area contributed by atoms with Crippen molar-refractivity contribution in [3.8, 4) is 0 Å². The molecule has 0 unspecified atom stereocenters. The molecule has 0 radical (unpaired) electrons. The zero-order valence-corrected chi connectivity index (χ0v) is 12.6. The summed E-state index contributed by atoms with van der Waals surface area (Å²) in [6.45, 7) is 11.1. The molecule has 2 N–H and O–H groups in total. The van der Waals surface area contributed by atoms with Crippen LogP contribution in [0.15, 0.2) is 12.1 Å². The van der Waals surface area contributed by atoms with Gasteiger partial charge < -0.3 is 10.4 Å². The number of aliphatic hydroxyl groups excluding tert-OH is 1. The molecule has 1 amide bonds. The van der Waals surface area contributed by atoms with Gasteiger partial charge >= 0.3 is 0 Å². The summed E-state index contributed by atoms with van der Waals surface area (Å²) in [5, 5.41) is 11.6. The second kappa shape index (κ2) is 6.20. The molecule has 0 saturated carbocycles. The van der Waals surface area contributed by atoms with E-state index in [0.29, 0.717) is 6.54 Å². The summed E-state index contributed by atoms with van der Waals surface area (Å²) in [4.78, 5) is 11.5. The van der Waals surface area contributed by atoms with Crippen LogP contribution in [0.2, 0.25) is 0 Å². The smallest absolute Gasteiger partial charge is 0.222 e. The molecule has 0 aliphatic carbocycles. The highest BCUT2D eigenvalue weighted by Gasteiger charge is 2.24. The summed E-state index contributed by atoms with van der Waals surface area (Å²) in [6.07, 6.45) is 0.169. The number of carbonyl (C=O) groups excluding carboxylic acids is 1. The van der Waals surface area contributed by atoms with Crippen LogP contribution in [0.25, 0.3) is 0 Å². The van der Waals surface area contributed by atoms with E-state index < -0.39 is 0 Å². The highest BCUT2D eigenvalue weighted by Crippen LogP contribution is 2.28. The molecule has 106 valence electrons. The van der Waals surface area contributed by atoms with Gasteiger partial charge in [-0.1, -0.05) is 26.0 Å². The molecule has 1 aromatic rings. The quantitative estimate of drug-likeness (QED) is 0.857. The van der Waals surface area contributed by atoms with Gasteiger partial charge in [-0.05, 0) is 43.0 Å². The standard InChI is InChI=1S/C16H25NO2/c1-11-6-7-14(13(3)12(11)2)16(4,5)10-17-15(19)8-9-18/h6-7,18H,8-10H2,1-5H3,(H,17,19). The van der Waals surface area contributed by atoms with E-state index in [-0.39, 0.29) is 24.3 Å². The van der Waals surface area contributed by atoms with Crippen molar-refractivity contribution in [2.75, 3.05) is 13.2 Å². The molecule has 0 atom stereocenters. The van der Waals surface area contributed by atoms with E-state index in [0.717, 1.165) is 0 Å². The second-order valence-corrected chi connectivity index (χ2v) is 5.81. The third-order valence-corrected chi connectivity index (χ3v) is 3.85. The van der Waals surface area contributed by atoms with E-state index in [9.17, 15) is 4.79 Å². The van der Waals surface area contributed by atoms with Gasteiger partial charge in [0.2, 0.25) is 5.91 Å². The van der Waals surface area contributed by atoms with Crippen molar-refractivity contribution < 1.29 is 9.90 Å². The van der Waals surface area contributed by atoms with Crippen molar-refractivity contribution in [1.29, 1.82) is 0 Å². The molecule has 0 bridgehead atoms. The third kappa shape index (κ3) is 3.80. The van der Waals surface area contributed by atoms with Crippen molar-refractivity contribution in [2.24, 2.45) is 0 Å². The number of carbonyl (C=O) groups is 1. The van der Waals surface area contributed by atoms with Crippen LogP contribution in [0, 0.1) is 20.8 Å². The average molecular weight is 263 g/mol. The van der Waals surface area contributed by atoms with Crippen molar-refractivity contribution in [3.63, 3.8) is 0 Å². The first-order chi connectivity index (χ1) is 8.79. The topological polar surface area (TPSA) is 49.3 Å². The van der Waals surface area contributed by atoms with Gasteiger partial charge in [-0.2, -0.15) is 0 Å². The van der Waals surface area contributed by atoms with Gasteiger partial charge in [0.05, 0.1) is 6.61 Å². The van der Waals surface area contributed by atoms with E-state index in [4.69, 9.17) is 5.11 Å². The van der Waals surface area contributed by atoms with E-state index in [1.165, 1.54) is 22.3 Å². The van der Waals surface area contributed by atoms with Gasteiger partial charge in [-0.25, -0.2) is 0 Å². The Morgan fingerprint density at radius 3 is 2.42 bits per heavy atom. The summed E-state index contributed by atoms with van der Waals surface area (Å²) < 4.78 is 0. The number of amides is 1. The molecule has 0 fully saturated rings. The van der Waals surface area contributed by atoms with Gasteiger partial charge in [0.25, 0.3) is 0 Å². The minimum atomic E-state index is -0.117. The molecule has 19 heavy (non-hydrogen) atoms. The first kappa shape index (κ1) is 15.7. The highest BCUT2D eigenvalue weighted by atomic mass is 16.3. The predicted molar refractivity (Wildman–Crippen MR) is 78.4 cm³/mol. The van der Waals surface area contributed by atoms with E-state index in [1.807, 2.05) is 0 Å². The molecule has 0 aliphatic heterocycles. The molecule has 0 heterocycles. The number of aryl methyl sites for hydroxylation is 1. The van der Waals surface area contributed by atoms with Crippen molar-refractivity contribution in [3.05, 3.63) is 34.4 Å². The molecule has 0 aromatic heterocycles. The first-order valence-electron chi connectivity index (χ1n) is 6.74. The fourth-order valence-electron chi connectivity index (χ4n) is 2.29. The Balaban J connectivity index is 2.88. The van der Waals surface area contributed by atoms with Crippen LogP contribution in [-0.4, -0.2) is 24.2 Å². The fourth-order valence-corrected chi connectivity index (χ4v) is 2.29. The minimum absolute atomic E-state index is 0.0999. The molecule has 3 heteroatoms. The molecular formula is C16H25NO2. The van der Waals surface area contributed by atoms with Crippen LogP contribution in [-0.2, 0) is 10.2 Å². The maximum absolute atomic E-state index is 11.5. The lowest BCUT2D eigenvalue weighted by molar-refractivity contribution is -0.121. The largest absolute Gasteiger partial charge is 0.396 e. The minimum Gasteiger partial charge on any atom is -0.396 e. The van der Waals surface area contributed by atoms with Crippen molar-refractivity contribution >= 4 is 5.91 Å². The highest BCUT2D eigenvalue weighted by molar-refractivity contribution is 5.76. The number of benzene rings is 1. The summed E-state index contributed by atoms with van der Waals surface area (Å²) in [7, 11) is 0. The zero-order valence-electron chi connectivity index (χ0n) is 12.6. The van der Waals surface area contributed by atoms with E-state index >= 15 is 0 Å². The number of rotatable bonds is 5. The number of nitrogens with one attached hydrogen (secondary N) is 1. The van der Waals surface area contributed by atoms with Crippen LogP contribution in [0.4, 0.5) is 0 Å². The molecule has 3 nitrogen and oxygen atoms in total. The van der Waals surface area contributed by atoms with Crippen LogP contribution in [0.3, 0.4) is 0 Å². The maximum atomic E-state index is 11.5. The van der Waals surface area contributed by atoms with Gasteiger partial charge in [0.1, 0.15) is 0 Å². The lowest BCUT2D eigenvalue weighted by Gasteiger charge is -2.28. The maximum Gasteiger partial charge on any atom is 0.222 e. The first-order valence-corrected chi connectivity index (χ1v) is 6.74. The Hall–Kier alpha value is -1.35. The second-order valence-electron chi connectivity index (χ2n) is 5.81. The molecule has 1 aromatic carbocycles. The predicted octanol–water partition coefficient (Wildman–Crippen LogP) is 2.39. The van der Waals surface area contributed by atoms with Gasteiger partial charge in [-0.15, -0.1) is 0 Å². The zero-order chi connectivity index (χ0) is 14.6. The average Bonchev–Trinajstić information content (AvgIpc) is 2.34. The van der Waals surface area contributed by atoms with Crippen LogP contribution in [0.5, 0.6) is 0 Å². The fraction of sp³-hybridized carbons (Fsp3) is 0.562. The molecule has 1 rings (SSSR count). The Morgan fingerprint density at radius 1 is 1.21 bits per heavy atom. The van der Waals surface area contributed by atoms with Gasteiger partial charge in [0, 0.05) is 18.4 Å². The molecule has 0 saturated heterocycles. The van der Waals surface area contributed by atoms with Crippen LogP contribution < -0.4 is 5.32 Å². The number of aliphatic hydroxyl groups is 1. The van der Waals surface area contributed by atoms with Crippen LogP contribution >= 0.6 is 0 Å². The summed E-state index contributed by atoms with van der Waals surface area (Å²) in [6, 6.07) is 4.28. The Kier molecular flexibility index (Phi) is 5.12.